The lowest BCUT2D eigenvalue weighted by atomic mass is 10.2. The summed E-state index contributed by atoms with van der Waals surface area (Å²) >= 11 is 0. The Bertz CT molecular complexity index is 1240. The predicted octanol–water partition coefficient (Wildman–Crippen LogP) is 2.99. The number of hydrogen-bond acceptors (Lipinski definition) is 8. The molecule has 206 valence electrons. The molecule has 1 amide bonds. The SMILES string of the molecule is CCCOc1ccc(/C=C/C(=O)Nc2cc(S(=O)(=O)N3CCOCC3)ccc2N2CCOCC2)cc1OC. The summed E-state index contributed by atoms with van der Waals surface area (Å²) in [5.74, 6) is 0.840. The van der Waals surface area contributed by atoms with Crippen LogP contribution in [0.25, 0.3) is 6.08 Å². The molecule has 0 atom stereocenters. The van der Waals surface area contributed by atoms with E-state index in [-0.39, 0.29) is 10.8 Å². The molecule has 0 aliphatic carbocycles. The Morgan fingerprint density at radius 3 is 2.39 bits per heavy atom. The molecule has 10 nitrogen and oxygen atoms in total. The number of sulfonamides is 1. The molecule has 0 saturated carbocycles. The topological polar surface area (TPSA) is 107 Å². The third-order valence-electron chi connectivity index (χ3n) is 6.26. The van der Waals surface area contributed by atoms with E-state index in [0.29, 0.717) is 76.4 Å². The van der Waals surface area contributed by atoms with E-state index in [0.717, 1.165) is 17.7 Å². The molecule has 2 fully saturated rings. The summed E-state index contributed by atoms with van der Waals surface area (Å²) in [7, 11) is -2.16. The number of morpholine rings is 2. The Morgan fingerprint density at radius 1 is 1.00 bits per heavy atom. The number of benzene rings is 2. The zero-order chi connectivity index (χ0) is 27.0. The van der Waals surface area contributed by atoms with Gasteiger partial charge in [-0.15, -0.1) is 0 Å². The second kappa shape index (κ2) is 13.1. The first-order valence-electron chi connectivity index (χ1n) is 12.8. The zero-order valence-electron chi connectivity index (χ0n) is 21.9. The Morgan fingerprint density at radius 2 is 1.71 bits per heavy atom. The summed E-state index contributed by atoms with van der Waals surface area (Å²) in [5, 5.41) is 2.89. The molecule has 2 heterocycles. The first-order valence-corrected chi connectivity index (χ1v) is 14.2. The summed E-state index contributed by atoms with van der Waals surface area (Å²) in [6.45, 7) is 6.31. The first kappa shape index (κ1) is 27.9. The van der Waals surface area contributed by atoms with E-state index in [1.54, 1.807) is 31.4 Å². The van der Waals surface area contributed by atoms with Crippen molar-refractivity contribution in [3.63, 3.8) is 0 Å². The lowest BCUT2D eigenvalue weighted by Crippen LogP contribution is -2.40. The first-order chi connectivity index (χ1) is 18.4. The summed E-state index contributed by atoms with van der Waals surface area (Å²) in [6.07, 6.45) is 3.96. The van der Waals surface area contributed by atoms with E-state index < -0.39 is 10.0 Å². The van der Waals surface area contributed by atoms with E-state index in [2.05, 4.69) is 10.2 Å². The van der Waals surface area contributed by atoms with Crippen LogP contribution in [0.5, 0.6) is 11.5 Å². The summed E-state index contributed by atoms with van der Waals surface area (Å²) in [6, 6.07) is 10.3. The number of nitrogens with zero attached hydrogens (tertiary/aromatic N) is 2. The van der Waals surface area contributed by atoms with E-state index in [1.165, 1.54) is 16.4 Å². The van der Waals surface area contributed by atoms with Crippen LogP contribution in [0.4, 0.5) is 11.4 Å². The van der Waals surface area contributed by atoms with Gasteiger partial charge >= 0.3 is 0 Å². The number of methoxy groups -OCH3 is 1. The van der Waals surface area contributed by atoms with Crippen molar-refractivity contribution in [2.24, 2.45) is 0 Å². The van der Waals surface area contributed by atoms with Crippen LogP contribution in [0, 0.1) is 0 Å². The molecule has 38 heavy (non-hydrogen) atoms. The van der Waals surface area contributed by atoms with Crippen molar-refractivity contribution in [1.29, 1.82) is 0 Å². The van der Waals surface area contributed by atoms with Crippen molar-refractivity contribution in [2.45, 2.75) is 18.2 Å². The molecule has 2 saturated heterocycles. The van der Waals surface area contributed by atoms with Gasteiger partial charge in [0, 0.05) is 32.3 Å². The van der Waals surface area contributed by atoms with Gasteiger partial charge in [0.1, 0.15) is 0 Å². The second-order valence-corrected chi connectivity index (χ2v) is 10.8. The molecular formula is C27H35N3O7S. The monoisotopic (exact) mass is 545 g/mol. The van der Waals surface area contributed by atoms with Crippen LogP contribution in [0.2, 0.25) is 0 Å². The van der Waals surface area contributed by atoms with Crippen molar-refractivity contribution in [3.8, 4) is 11.5 Å². The van der Waals surface area contributed by atoms with Crippen LogP contribution in [-0.4, -0.2) is 85.0 Å². The molecule has 0 bridgehead atoms. The van der Waals surface area contributed by atoms with Crippen molar-refractivity contribution >= 4 is 33.4 Å². The molecule has 2 aromatic carbocycles. The Labute approximate surface area is 224 Å². The summed E-state index contributed by atoms with van der Waals surface area (Å²) < 4.78 is 49.8. The number of carbonyl (C=O) groups is 1. The van der Waals surface area contributed by atoms with Crippen LogP contribution < -0.4 is 19.7 Å². The van der Waals surface area contributed by atoms with Crippen LogP contribution >= 0.6 is 0 Å². The highest BCUT2D eigenvalue weighted by atomic mass is 32.2. The minimum Gasteiger partial charge on any atom is -0.493 e. The van der Waals surface area contributed by atoms with Gasteiger partial charge in [0.15, 0.2) is 11.5 Å². The van der Waals surface area contributed by atoms with Gasteiger partial charge in [-0.05, 0) is 48.4 Å². The highest BCUT2D eigenvalue weighted by molar-refractivity contribution is 7.89. The molecule has 0 unspecified atom stereocenters. The lowest BCUT2D eigenvalue weighted by Gasteiger charge is -2.31. The maximum atomic E-state index is 13.3. The molecule has 2 aromatic rings. The van der Waals surface area contributed by atoms with Crippen molar-refractivity contribution in [1.82, 2.24) is 4.31 Å². The average molecular weight is 546 g/mol. The van der Waals surface area contributed by atoms with Gasteiger partial charge in [-0.2, -0.15) is 4.31 Å². The molecule has 1 N–H and O–H groups in total. The number of anilines is 2. The lowest BCUT2D eigenvalue weighted by molar-refractivity contribution is -0.111. The summed E-state index contributed by atoms with van der Waals surface area (Å²) in [4.78, 5) is 15.2. The van der Waals surface area contributed by atoms with Gasteiger partial charge in [0.25, 0.3) is 0 Å². The average Bonchev–Trinajstić information content (AvgIpc) is 2.96. The van der Waals surface area contributed by atoms with Gasteiger partial charge in [0.05, 0.1) is 56.4 Å². The van der Waals surface area contributed by atoms with Gasteiger partial charge in [-0.1, -0.05) is 13.0 Å². The number of amides is 1. The van der Waals surface area contributed by atoms with E-state index in [4.69, 9.17) is 18.9 Å². The Hall–Kier alpha value is -3.12. The van der Waals surface area contributed by atoms with E-state index in [1.807, 2.05) is 19.1 Å². The maximum absolute atomic E-state index is 13.3. The fourth-order valence-corrected chi connectivity index (χ4v) is 5.69. The third-order valence-corrected chi connectivity index (χ3v) is 8.16. The minimum atomic E-state index is -3.73. The van der Waals surface area contributed by atoms with Crippen molar-refractivity contribution < 1.29 is 32.2 Å². The molecule has 4 rings (SSSR count). The number of nitrogens with one attached hydrogen (secondary N) is 1. The molecule has 11 heteroatoms. The molecule has 0 aromatic heterocycles. The van der Waals surface area contributed by atoms with Crippen molar-refractivity contribution in [3.05, 3.63) is 48.0 Å². The normalized spacial score (nSPS) is 16.9. The molecule has 2 aliphatic rings. The number of ether oxygens (including phenoxy) is 4. The minimum absolute atomic E-state index is 0.128. The number of rotatable bonds is 10. The third kappa shape index (κ3) is 6.84. The predicted molar refractivity (Wildman–Crippen MR) is 145 cm³/mol. The Kier molecular flexibility index (Phi) is 9.62. The number of hydrogen-bond donors (Lipinski definition) is 1. The standard InChI is InChI=1S/C27H35N3O7S/c1-3-14-37-25-8-4-21(19-26(25)34-2)5-9-27(31)28-23-20-22(38(32,33)30-12-17-36-18-13-30)6-7-24(23)29-10-15-35-16-11-29/h4-9,19-20H,3,10-18H2,1-2H3,(H,28,31)/b9-5+. The second-order valence-electron chi connectivity index (χ2n) is 8.88. The highest BCUT2D eigenvalue weighted by Crippen LogP contribution is 2.32. The molecule has 0 radical (unpaired) electrons. The van der Waals surface area contributed by atoms with Crippen LogP contribution in [0.15, 0.2) is 47.4 Å². The van der Waals surface area contributed by atoms with Crippen LogP contribution in [-0.2, 0) is 24.3 Å². The van der Waals surface area contributed by atoms with Crippen LogP contribution in [0.3, 0.4) is 0 Å². The zero-order valence-corrected chi connectivity index (χ0v) is 22.7. The van der Waals surface area contributed by atoms with Gasteiger partial charge in [-0.25, -0.2) is 8.42 Å². The van der Waals surface area contributed by atoms with Gasteiger partial charge in [-0.3, -0.25) is 4.79 Å². The highest BCUT2D eigenvalue weighted by Gasteiger charge is 2.28. The molecule has 2 aliphatic heterocycles. The quantitative estimate of drug-likeness (QED) is 0.454. The fourth-order valence-electron chi connectivity index (χ4n) is 4.26. The summed E-state index contributed by atoms with van der Waals surface area (Å²) in [5.41, 5.74) is 1.93. The largest absolute Gasteiger partial charge is 0.493 e. The van der Waals surface area contributed by atoms with E-state index >= 15 is 0 Å². The Balaban J connectivity index is 1.56. The maximum Gasteiger partial charge on any atom is 0.248 e. The van der Waals surface area contributed by atoms with E-state index in [9.17, 15) is 13.2 Å². The van der Waals surface area contributed by atoms with Crippen LogP contribution in [0.1, 0.15) is 18.9 Å². The van der Waals surface area contributed by atoms with Gasteiger partial charge < -0.3 is 29.2 Å². The molecular weight excluding hydrogens is 510 g/mol. The van der Waals surface area contributed by atoms with Crippen molar-refractivity contribution in [2.75, 3.05) is 76.5 Å². The van der Waals surface area contributed by atoms with Gasteiger partial charge in [0.2, 0.25) is 15.9 Å². The fraction of sp³-hybridized carbons (Fsp3) is 0.444. The smallest absolute Gasteiger partial charge is 0.248 e. The number of carbonyl (C=O) groups excluding carboxylic acids is 1. The molecule has 0 spiro atoms.